The van der Waals surface area contributed by atoms with E-state index in [4.69, 9.17) is 7.44 Å². The van der Waals surface area contributed by atoms with E-state index < -0.39 is 7.94 Å². The molecule has 0 N–H and O–H groups in total. The zero-order chi connectivity index (χ0) is 18.7. The molecule has 0 saturated heterocycles. The smallest absolute Gasteiger partial charge is 0.0629 e. The fourth-order valence-electron chi connectivity index (χ4n) is 3.73. The summed E-state index contributed by atoms with van der Waals surface area (Å²) in [6.45, 7) is 2.16. The number of hydrogen-bond acceptors (Lipinski definition) is 0. The zero-order valence-corrected chi connectivity index (χ0v) is 16.5. The Kier molecular flexibility index (Phi) is 4.83. The molecule has 0 unspecified atom stereocenters. The van der Waals surface area contributed by atoms with Gasteiger partial charge in [0.05, 0.1) is 7.44 Å². The molecule has 0 nitrogen and oxygen atoms in total. The van der Waals surface area contributed by atoms with Crippen LogP contribution in [0.2, 0.25) is 0 Å². The molecule has 2 radical (unpaired) electrons. The van der Waals surface area contributed by atoms with Crippen molar-refractivity contribution in [2.45, 2.75) is 6.92 Å². The van der Waals surface area contributed by atoms with Gasteiger partial charge in [-0.15, -0.1) is 0 Å². The largest absolute Gasteiger partial charge is 0.103 e. The van der Waals surface area contributed by atoms with Crippen molar-refractivity contribution in [3.8, 4) is 11.1 Å². The highest BCUT2D eigenvalue weighted by atomic mass is 28.3. The average Bonchev–Trinajstić information content (AvgIpc) is 2.75. The lowest BCUT2D eigenvalue weighted by atomic mass is 10.0. The van der Waals surface area contributed by atoms with Crippen molar-refractivity contribution in [2.24, 2.45) is 0 Å². The molecule has 4 rings (SSSR count). The number of aryl methyl sites for hydroxylation is 1. The normalized spacial score (nSPS) is 11.3. The van der Waals surface area contributed by atoms with E-state index in [0.29, 0.717) is 0 Å². The van der Waals surface area contributed by atoms with Gasteiger partial charge < -0.3 is 0 Å². The van der Waals surface area contributed by atoms with Gasteiger partial charge in [0, 0.05) is 0 Å². The van der Waals surface area contributed by atoms with Crippen LogP contribution < -0.4 is 15.6 Å². The second-order valence-corrected chi connectivity index (χ2v) is 10.3. The van der Waals surface area contributed by atoms with Crippen LogP contribution in [-0.2, 0) is 0 Å². The molecule has 0 aliphatic heterocycles. The van der Waals surface area contributed by atoms with Gasteiger partial charge in [-0.05, 0) is 23.6 Å². The molecule has 0 amide bonds. The van der Waals surface area contributed by atoms with Crippen LogP contribution >= 0.6 is 0 Å². The monoisotopic (exact) mass is 360 g/mol. The molecule has 0 aromatic heterocycles. The van der Waals surface area contributed by atoms with E-state index in [0.717, 1.165) is 0 Å². The molecule has 0 aliphatic rings. The van der Waals surface area contributed by atoms with Gasteiger partial charge in [0.2, 0.25) is 0 Å². The van der Waals surface area contributed by atoms with E-state index in [9.17, 15) is 0 Å². The van der Waals surface area contributed by atoms with Crippen molar-refractivity contribution >= 4 is 30.9 Å². The lowest BCUT2D eigenvalue weighted by molar-refractivity contribution is 1.46. The fraction of sp³-hybridized carbons (Fsp3) is 0.0400. The predicted molar refractivity (Wildman–Crippen MR) is 120 cm³/mol. The van der Waals surface area contributed by atoms with Gasteiger partial charge in [-0.1, -0.05) is 125 Å². The molecular weight excluding hydrogens is 339 g/mol. The molecule has 4 aromatic rings. The van der Waals surface area contributed by atoms with Crippen LogP contribution in [0.15, 0.2) is 109 Å². The summed E-state index contributed by atoms with van der Waals surface area (Å²) in [4.78, 5) is 0. The van der Waals surface area contributed by atoms with Crippen molar-refractivity contribution in [1.82, 2.24) is 0 Å². The first-order chi connectivity index (χ1) is 13.2. The summed E-state index contributed by atoms with van der Waals surface area (Å²) in [5.74, 6) is 0. The van der Waals surface area contributed by atoms with Crippen molar-refractivity contribution in [1.29, 1.82) is 0 Å². The van der Waals surface area contributed by atoms with Crippen LogP contribution in [0.25, 0.3) is 11.1 Å². The van der Waals surface area contributed by atoms with Gasteiger partial charge in [-0.2, -0.15) is 0 Å². The summed E-state index contributed by atoms with van der Waals surface area (Å²) in [5, 5.41) is 3.66. The Balaban J connectivity index is 1.92. The van der Waals surface area contributed by atoms with Gasteiger partial charge in [0.15, 0.2) is 0 Å². The van der Waals surface area contributed by atoms with Crippen molar-refractivity contribution in [3.05, 3.63) is 115 Å². The summed E-state index contributed by atoms with van der Waals surface area (Å²) in [5.41, 5.74) is 3.76. The topological polar surface area (TPSA) is 0 Å². The average molecular weight is 360 g/mol. The predicted octanol–water partition coefficient (Wildman–Crippen LogP) is 3.80. The highest BCUT2D eigenvalue weighted by molar-refractivity contribution is 7.38. The minimum absolute atomic E-state index is 1.22. The summed E-state index contributed by atoms with van der Waals surface area (Å²) < 4.78 is 0. The minimum atomic E-state index is -2.56. The maximum Gasteiger partial charge on any atom is 0.103 e. The molecule has 27 heavy (non-hydrogen) atoms. The van der Waals surface area contributed by atoms with Crippen LogP contribution in [0.1, 0.15) is 5.56 Å². The Labute approximate surface area is 163 Å². The quantitative estimate of drug-likeness (QED) is 0.384. The van der Waals surface area contributed by atoms with E-state index in [1.54, 1.807) is 0 Å². The lowest BCUT2D eigenvalue weighted by Crippen LogP contribution is -2.68. The van der Waals surface area contributed by atoms with Gasteiger partial charge in [0.25, 0.3) is 0 Å². The Morgan fingerprint density at radius 2 is 1.07 bits per heavy atom. The van der Waals surface area contributed by atoms with E-state index in [1.165, 1.54) is 32.3 Å². The second kappa shape index (κ2) is 7.42. The van der Waals surface area contributed by atoms with E-state index in [2.05, 4.69) is 104 Å². The number of hydrogen-bond donors (Lipinski definition) is 0. The Hall–Kier alpha value is -2.84. The molecule has 0 aliphatic carbocycles. The highest BCUT2D eigenvalue weighted by Crippen LogP contribution is 2.22. The molecule has 0 saturated carbocycles. The van der Waals surface area contributed by atoms with Crippen LogP contribution in [0.5, 0.6) is 0 Å². The standard InChI is InChI=1S/C25H21BSi/c1-20-11-8-9-18-25(20)21-12-10-17-24(19-21)27(26,22-13-4-2-5-14-22)23-15-6-3-7-16-23/h2-19H,1H3. The minimum Gasteiger partial charge on any atom is -0.0629 e. The van der Waals surface area contributed by atoms with Crippen LogP contribution in [0.4, 0.5) is 0 Å². The third kappa shape index (κ3) is 3.29. The van der Waals surface area contributed by atoms with Gasteiger partial charge in [-0.25, -0.2) is 0 Å². The zero-order valence-electron chi connectivity index (χ0n) is 15.5. The van der Waals surface area contributed by atoms with Crippen molar-refractivity contribution < 1.29 is 0 Å². The molecule has 128 valence electrons. The van der Waals surface area contributed by atoms with Gasteiger partial charge in [0.1, 0.15) is 7.94 Å². The molecular formula is C25H21BSi. The van der Waals surface area contributed by atoms with Crippen LogP contribution in [-0.4, -0.2) is 15.4 Å². The number of benzene rings is 4. The highest BCUT2D eigenvalue weighted by Gasteiger charge is 2.33. The van der Waals surface area contributed by atoms with E-state index >= 15 is 0 Å². The third-order valence-corrected chi connectivity index (χ3v) is 8.94. The maximum atomic E-state index is 7.29. The Morgan fingerprint density at radius 3 is 1.67 bits per heavy atom. The fourth-order valence-corrected chi connectivity index (χ4v) is 6.91. The van der Waals surface area contributed by atoms with Crippen molar-refractivity contribution in [2.75, 3.05) is 0 Å². The summed E-state index contributed by atoms with van der Waals surface area (Å²) in [6.07, 6.45) is 0. The molecule has 0 heterocycles. The maximum absolute atomic E-state index is 7.29. The third-order valence-electron chi connectivity index (χ3n) is 5.23. The second-order valence-electron chi connectivity index (χ2n) is 6.94. The molecule has 0 bridgehead atoms. The van der Waals surface area contributed by atoms with E-state index in [1.807, 2.05) is 12.1 Å². The van der Waals surface area contributed by atoms with Gasteiger partial charge in [-0.3, -0.25) is 0 Å². The summed E-state index contributed by atoms with van der Waals surface area (Å²) in [7, 11) is 4.73. The SMILES string of the molecule is [B][Si](c1ccccc1)(c1ccccc1)c1cccc(-c2ccccc2C)c1. The van der Waals surface area contributed by atoms with Gasteiger partial charge >= 0.3 is 0 Å². The molecule has 2 heteroatoms. The first kappa shape index (κ1) is 17.6. The summed E-state index contributed by atoms with van der Waals surface area (Å²) in [6, 6.07) is 38.4. The van der Waals surface area contributed by atoms with Crippen molar-refractivity contribution in [3.63, 3.8) is 0 Å². The number of rotatable bonds is 4. The molecule has 0 spiro atoms. The van der Waals surface area contributed by atoms with Crippen LogP contribution in [0.3, 0.4) is 0 Å². The molecule has 4 aromatic carbocycles. The first-order valence-corrected chi connectivity index (χ1v) is 11.3. The lowest BCUT2D eigenvalue weighted by Gasteiger charge is -2.31. The summed E-state index contributed by atoms with van der Waals surface area (Å²) >= 11 is 0. The molecule has 0 atom stereocenters. The molecule has 0 fully saturated rings. The van der Waals surface area contributed by atoms with E-state index in [-0.39, 0.29) is 0 Å². The first-order valence-electron chi connectivity index (χ1n) is 9.26. The Bertz CT molecular complexity index is 1000. The van der Waals surface area contributed by atoms with Crippen LogP contribution in [0, 0.1) is 6.92 Å². The Morgan fingerprint density at radius 1 is 0.556 bits per heavy atom.